The Kier molecular flexibility index (Phi) is 1.50. The van der Waals surface area contributed by atoms with E-state index < -0.39 is 24.1 Å². The van der Waals surface area contributed by atoms with Gasteiger partial charge >= 0.3 is 11.9 Å². The van der Waals surface area contributed by atoms with Gasteiger partial charge in [-0.1, -0.05) is 12.2 Å². The average molecular weight is 182 g/mol. The molecule has 0 spiro atoms. The lowest BCUT2D eigenvalue weighted by Crippen LogP contribution is -2.18. The number of hydrogen-bond acceptors (Lipinski definition) is 3. The fourth-order valence-electron chi connectivity index (χ4n) is 1.56. The molecule has 2 N–H and O–H groups in total. The van der Waals surface area contributed by atoms with E-state index in [1.807, 2.05) is 0 Å². The Labute approximate surface area is 72.9 Å². The molecule has 5 heteroatoms. The molecule has 0 amide bonds. The van der Waals surface area contributed by atoms with Gasteiger partial charge in [-0.25, -0.2) is 9.59 Å². The summed E-state index contributed by atoms with van der Waals surface area (Å²) in [6, 6.07) is 0. The number of aliphatic carboxylic acids is 2. The molecule has 2 aliphatic heterocycles. The molecule has 2 bridgehead atoms. The zero-order valence-corrected chi connectivity index (χ0v) is 6.43. The van der Waals surface area contributed by atoms with Crippen LogP contribution in [0.2, 0.25) is 0 Å². The maximum Gasteiger partial charge on any atom is 0.335 e. The zero-order chi connectivity index (χ0) is 9.59. The van der Waals surface area contributed by atoms with Crippen LogP contribution in [0.4, 0.5) is 0 Å². The van der Waals surface area contributed by atoms with Gasteiger partial charge in [-0.05, 0) is 0 Å². The van der Waals surface area contributed by atoms with E-state index in [-0.39, 0.29) is 11.1 Å². The van der Waals surface area contributed by atoms with Crippen LogP contribution in [0.1, 0.15) is 0 Å². The van der Waals surface area contributed by atoms with Crippen LogP contribution in [0.3, 0.4) is 0 Å². The largest absolute Gasteiger partial charge is 0.478 e. The van der Waals surface area contributed by atoms with Crippen molar-refractivity contribution in [2.45, 2.75) is 12.2 Å². The summed E-state index contributed by atoms with van der Waals surface area (Å²) in [5.41, 5.74) is -0.306. The lowest BCUT2D eigenvalue weighted by Gasteiger charge is -2.04. The number of carboxylic acids is 2. The van der Waals surface area contributed by atoms with Crippen molar-refractivity contribution < 1.29 is 24.5 Å². The van der Waals surface area contributed by atoms with E-state index in [9.17, 15) is 9.59 Å². The molecule has 2 aliphatic rings. The summed E-state index contributed by atoms with van der Waals surface area (Å²) in [6.45, 7) is 0. The van der Waals surface area contributed by atoms with E-state index in [2.05, 4.69) is 0 Å². The second-order valence-electron chi connectivity index (χ2n) is 2.80. The summed E-state index contributed by atoms with van der Waals surface area (Å²) in [6.07, 6.45) is 1.74. The SMILES string of the molecule is O=C(O)C1=C(C(=O)O)[C@H]2C=CC1O2. The van der Waals surface area contributed by atoms with Crippen LogP contribution >= 0.6 is 0 Å². The highest BCUT2D eigenvalue weighted by molar-refractivity contribution is 6.02. The molecule has 2 atom stereocenters. The molecule has 0 saturated heterocycles. The Balaban J connectivity index is 2.48. The molecule has 0 aliphatic carbocycles. The quantitative estimate of drug-likeness (QED) is 0.577. The van der Waals surface area contributed by atoms with E-state index in [1.165, 1.54) is 0 Å². The molecule has 13 heavy (non-hydrogen) atoms. The van der Waals surface area contributed by atoms with Crippen LogP contribution < -0.4 is 0 Å². The summed E-state index contributed by atoms with van der Waals surface area (Å²) in [5, 5.41) is 17.4. The van der Waals surface area contributed by atoms with E-state index in [1.54, 1.807) is 12.2 Å². The Bertz CT molecular complexity index is 320. The lowest BCUT2D eigenvalue weighted by molar-refractivity contribution is -0.135. The summed E-state index contributed by atoms with van der Waals surface area (Å²) in [7, 11) is 0. The van der Waals surface area contributed by atoms with Gasteiger partial charge in [-0.2, -0.15) is 0 Å². The third kappa shape index (κ3) is 0.972. The van der Waals surface area contributed by atoms with Gasteiger partial charge in [-0.3, -0.25) is 0 Å². The average Bonchev–Trinajstić information content (AvgIpc) is 2.60. The molecule has 68 valence electrons. The third-order valence-electron chi connectivity index (χ3n) is 2.07. The predicted octanol–water partition coefficient (Wildman–Crippen LogP) is -0.211. The van der Waals surface area contributed by atoms with Gasteiger partial charge < -0.3 is 14.9 Å². The number of fused-ring (bicyclic) bond motifs is 2. The van der Waals surface area contributed by atoms with E-state index in [4.69, 9.17) is 14.9 Å². The van der Waals surface area contributed by atoms with Crippen LogP contribution in [-0.4, -0.2) is 34.4 Å². The van der Waals surface area contributed by atoms with Gasteiger partial charge in [0.1, 0.15) is 12.2 Å². The molecular formula is C8H6O5. The molecule has 0 aromatic carbocycles. The van der Waals surface area contributed by atoms with Crippen LogP contribution in [0, 0.1) is 0 Å². The van der Waals surface area contributed by atoms with Crippen LogP contribution in [0.15, 0.2) is 23.3 Å². The second-order valence-corrected chi connectivity index (χ2v) is 2.80. The first-order chi connectivity index (χ1) is 6.11. The summed E-state index contributed by atoms with van der Waals surface area (Å²) in [4.78, 5) is 21.3. The molecule has 0 saturated carbocycles. The van der Waals surface area contributed by atoms with Gasteiger partial charge in [0.25, 0.3) is 0 Å². The molecular weight excluding hydrogens is 176 g/mol. The van der Waals surface area contributed by atoms with Crippen LogP contribution in [-0.2, 0) is 14.3 Å². The predicted molar refractivity (Wildman–Crippen MR) is 40.1 cm³/mol. The molecule has 2 heterocycles. The van der Waals surface area contributed by atoms with Crippen molar-refractivity contribution in [2.75, 3.05) is 0 Å². The van der Waals surface area contributed by atoms with Crippen molar-refractivity contribution in [3.8, 4) is 0 Å². The fourth-order valence-corrected chi connectivity index (χ4v) is 1.56. The van der Waals surface area contributed by atoms with Crippen LogP contribution in [0.25, 0.3) is 0 Å². The second kappa shape index (κ2) is 2.43. The van der Waals surface area contributed by atoms with Gasteiger partial charge in [-0.15, -0.1) is 0 Å². The number of ether oxygens (including phenoxy) is 1. The molecule has 0 fully saturated rings. The minimum atomic E-state index is -1.23. The number of carboxylic acid groups (broad SMARTS) is 2. The summed E-state index contributed by atoms with van der Waals surface area (Å²) >= 11 is 0. The highest BCUT2D eigenvalue weighted by atomic mass is 16.5. The monoisotopic (exact) mass is 182 g/mol. The molecule has 0 radical (unpaired) electrons. The standard InChI is InChI=1S/C8H6O5/c9-7(10)5-3-1-2-4(13-3)6(5)8(11)12/h1-4H,(H,9,10)(H,11,12)/t3-,4?/m1/s1. The Morgan fingerprint density at radius 3 is 1.77 bits per heavy atom. The van der Waals surface area contributed by atoms with Gasteiger partial charge in [0.15, 0.2) is 0 Å². The first kappa shape index (κ1) is 8.00. The maximum atomic E-state index is 10.7. The normalized spacial score (nSPS) is 29.8. The number of rotatable bonds is 2. The summed E-state index contributed by atoms with van der Waals surface area (Å²) < 4.78 is 5.07. The number of hydrogen-bond donors (Lipinski definition) is 2. The van der Waals surface area contributed by atoms with Crippen molar-refractivity contribution in [3.63, 3.8) is 0 Å². The van der Waals surface area contributed by atoms with Gasteiger partial charge in [0.2, 0.25) is 0 Å². The number of carbonyl (C=O) groups is 2. The lowest BCUT2D eigenvalue weighted by atomic mass is 9.97. The van der Waals surface area contributed by atoms with Crippen molar-refractivity contribution in [2.24, 2.45) is 0 Å². The maximum absolute atomic E-state index is 10.7. The topological polar surface area (TPSA) is 83.8 Å². The van der Waals surface area contributed by atoms with Gasteiger partial charge in [0.05, 0.1) is 11.1 Å². The Morgan fingerprint density at radius 2 is 1.46 bits per heavy atom. The van der Waals surface area contributed by atoms with Crippen molar-refractivity contribution >= 4 is 11.9 Å². The fraction of sp³-hybridized carbons (Fsp3) is 0.250. The Hall–Kier alpha value is -1.62. The Morgan fingerprint density at radius 1 is 1.08 bits per heavy atom. The van der Waals surface area contributed by atoms with E-state index in [0.717, 1.165) is 0 Å². The molecule has 5 nitrogen and oxygen atoms in total. The molecule has 0 aromatic rings. The molecule has 2 rings (SSSR count). The first-order valence-corrected chi connectivity index (χ1v) is 3.65. The van der Waals surface area contributed by atoms with E-state index >= 15 is 0 Å². The van der Waals surface area contributed by atoms with Crippen LogP contribution in [0.5, 0.6) is 0 Å². The minimum Gasteiger partial charge on any atom is -0.478 e. The van der Waals surface area contributed by atoms with Crippen molar-refractivity contribution in [1.29, 1.82) is 0 Å². The van der Waals surface area contributed by atoms with E-state index in [0.29, 0.717) is 0 Å². The first-order valence-electron chi connectivity index (χ1n) is 3.65. The molecule has 1 unspecified atom stereocenters. The van der Waals surface area contributed by atoms with Crippen molar-refractivity contribution in [3.05, 3.63) is 23.3 Å². The van der Waals surface area contributed by atoms with Crippen molar-refractivity contribution in [1.82, 2.24) is 0 Å². The zero-order valence-electron chi connectivity index (χ0n) is 6.43. The highest BCUT2D eigenvalue weighted by Gasteiger charge is 2.42. The molecule has 0 aromatic heterocycles. The smallest absolute Gasteiger partial charge is 0.335 e. The minimum absolute atomic E-state index is 0.153. The third-order valence-corrected chi connectivity index (χ3v) is 2.07. The summed E-state index contributed by atoms with van der Waals surface area (Å²) in [5.74, 6) is -2.46. The highest BCUT2D eigenvalue weighted by Crippen LogP contribution is 2.34. The van der Waals surface area contributed by atoms with Gasteiger partial charge in [0, 0.05) is 0 Å².